The number of hydrogen-bond acceptors (Lipinski definition) is 10. The number of hydrazone groups is 1. The van der Waals surface area contributed by atoms with Gasteiger partial charge in [-0.3, -0.25) is 14.1 Å². The Bertz CT molecular complexity index is 1690. The minimum Gasteiger partial charge on any atom is -0.543 e. The summed E-state index contributed by atoms with van der Waals surface area (Å²) in [7, 11) is -8.50. The Balaban J connectivity index is 0.00000420. The van der Waals surface area contributed by atoms with E-state index >= 15 is 0 Å². The number of anilines is 2. The number of para-hydroxylation sites is 1. The Morgan fingerprint density at radius 1 is 1.03 bits per heavy atom. The number of aliphatic carboxylic acids is 1. The van der Waals surface area contributed by atoms with E-state index in [0.29, 0.717) is 16.3 Å². The maximum absolute atomic E-state index is 12.9. The summed E-state index contributed by atoms with van der Waals surface area (Å²) in [5, 5.41) is 23.6. The van der Waals surface area contributed by atoms with Crippen LogP contribution in [0.1, 0.15) is 5.56 Å². The maximum Gasteiger partial charge on any atom is 1.00 e. The minimum absolute atomic E-state index is 0. The SMILES string of the molecule is Cc1ccc(N=NC2C(=O)N(c3ccc(S(=O)(=O)O)cc3)N=C2C(=O)[O-])cc1S(=O)(=O)Nc1ccccc1.[Na+]. The summed E-state index contributed by atoms with van der Waals surface area (Å²) in [6, 6.07) is 14.9. The average molecular weight is 580 g/mol. The maximum atomic E-state index is 12.9. The van der Waals surface area contributed by atoms with Gasteiger partial charge in [0, 0.05) is 5.69 Å². The number of carbonyl (C=O) groups is 2. The van der Waals surface area contributed by atoms with Crippen LogP contribution in [0.15, 0.2) is 97.9 Å². The van der Waals surface area contributed by atoms with Gasteiger partial charge in [0.1, 0.15) is 5.71 Å². The molecule has 3 aromatic rings. The number of amides is 1. The van der Waals surface area contributed by atoms with Gasteiger partial charge >= 0.3 is 29.6 Å². The molecule has 1 amide bonds. The van der Waals surface area contributed by atoms with Crippen LogP contribution in [0, 0.1) is 6.92 Å². The molecular formula is C23H18N5NaO8S2. The third-order valence-electron chi connectivity index (χ3n) is 5.27. The molecular weight excluding hydrogens is 561 g/mol. The van der Waals surface area contributed by atoms with E-state index in [9.17, 15) is 31.5 Å². The molecule has 1 aliphatic rings. The Labute approximate surface area is 245 Å². The molecule has 0 radical (unpaired) electrons. The zero-order valence-corrected chi connectivity index (χ0v) is 24.0. The summed E-state index contributed by atoms with van der Waals surface area (Å²) in [6.07, 6.45) is 0. The summed E-state index contributed by atoms with van der Waals surface area (Å²) in [5.74, 6) is -2.73. The second-order valence-electron chi connectivity index (χ2n) is 7.93. The van der Waals surface area contributed by atoms with Gasteiger partial charge in [0.2, 0.25) is 0 Å². The van der Waals surface area contributed by atoms with E-state index in [1.165, 1.54) is 18.2 Å². The fraction of sp³-hybridized carbons (Fsp3) is 0.0870. The fourth-order valence-corrected chi connectivity index (χ4v) is 5.23. The largest absolute Gasteiger partial charge is 1.00 e. The molecule has 0 saturated heterocycles. The van der Waals surface area contributed by atoms with Crippen LogP contribution in [0.5, 0.6) is 0 Å². The predicted molar refractivity (Wildman–Crippen MR) is 133 cm³/mol. The van der Waals surface area contributed by atoms with Crippen molar-refractivity contribution in [2.24, 2.45) is 15.3 Å². The second-order valence-corrected chi connectivity index (χ2v) is 11.0. The van der Waals surface area contributed by atoms with Crippen molar-refractivity contribution >= 4 is 54.8 Å². The molecule has 39 heavy (non-hydrogen) atoms. The van der Waals surface area contributed by atoms with Gasteiger partial charge in [0.25, 0.3) is 26.0 Å². The first-order valence-corrected chi connectivity index (χ1v) is 13.6. The first kappa shape index (κ1) is 30.1. The Morgan fingerprint density at radius 2 is 1.67 bits per heavy atom. The predicted octanol–water partition coefficient (Wildman–Crippen LogP) is -1.35. The smallest absolute Gasteiger partial charge is 0.543 e. The number of carbonyl (C=O) groups excluding carboxylic acids is 2. The Morgan fingerprint density at radius 3 is 2.26 bits per heavy atom. The number of nitrogens with zero attached hydrogens (tertiary/aromatic N) is 4. The van der Waals surface area contributed by atoms with Crippen LogP contribution < -0.4 is 44.4 Å². The fourth-order valence-electron chi connectivity index (χ4n) is 3.43. The molecule has 2 N–H and O–H groups in total. The van der Waals surface area contributed by atoms with Crippen LogP contribution >= 0.6 is 0 Å². The number of hydrogen-bond donors (Lipinski definition) is 2. The summed E-state index contributed by atoms with van der Waals surface area (Å²) < 4.78 is 59.8. The van der Waals surface area contributed by atoms with Crippen LogP contribution in [-0.2, 0) is 29.7 Å². The second kappa shape index (κ2) is 11.7. The number of sulfonamides is 1. The van der Waals surface area contributed by atoms with Gasteiger partial charge in [0.15, 0.2) is 6.04 Å². The van der Waals surface area contributed by atoms with Gasteiger partial charge in [-0.1, -0.05) is 24.3 Å². The molecule has 3 aromatic carbocycles. The number of carboxylic acids is 1. The quantitative estimate of drug-likeness (QED) is 0.185. The number of rotatable bonds is 8. The standard InChI is InChI=1S/C23H19N5O8S2.Na/c1-14-7-8-16(13-19(14)37(32,33)27-15-5-3-2-4-6-15)24-25-20-21(23(30)31)26-28(22(20)29)17-9-11-18(12-10-17)38(34,35)36;/h2-13,20,27H,1H3,(H,30,31)(H,34,35,36);/q;+1/p-1. The molecule has 1 aliphatic heterocycles. The van der Waals surface area contributed by atoms with Crippen LogP contribution in [-0.4, -0.2) is 45.0 Å². The minimum atomic E-state index is -4.49. The van der Waals surface area contributed by atoms with Crippen molar-refractivity contribution in [3.63, 3.8) is 0 Å². The molecule has 16 heteroatoms. The third-order valence-corrected chi connectivity index (χ3v) is 7.66. The molecule has 196 valence electrons. The summed E-state index contributed by atoms with van der Waals surface area (Å²) >= 11 is 0. The normalized spacial score (nSPS) is 15.6. The molecule has 13 nitrogen and oxygen atoms in total. The molecule has 0 aromatic heterocycles. The molecule has 1 unspecified atom stereocenters. The molecule has 0 saturated carbocycles. The van der Waals surface area contributed by atoms with Gasteiger partial charge in [-0.05, 0) is 61.0 Å². The van der Waals surface area contributed by atoms with Crippen LogP contribution in [0.2, 0.25) is 0 Å². The Hall–Kier alpha value is -3.47. The van der Waals surface area contributed by atoms with Crippen LogP contribution in [0.25, 0.3) is 0 Å². The molecule has 0 fully saturated rings. The summed E-state index contributed by atoms with van der Waals surface area (Å²) in [4.78, 5) is 24.0. The molecule has 1 atom stereocenters. The van der Waals surface area contributed by atoms with Crippen molar-refractivity contribution in [2.45, 2.75) is 22.8 Å². The number of benzene rings is 3. The number of carboxylic acid groups (broad SMARTS) is 1. The molecule has 0 bridgehead atoms. The molecule has 1 heterocycles. The van der Waals surface area contributed by atoms with Crippen molar-refractivity contribution in [1.82, 2.24) is 0 Å². The molecule has 0 aliphatic carbocycles. The van der Waals surface area contributed by atoms with Crippen molar-refractivity contribution in [2.75, 3.05) is 9.73 Å². The summed E-state index contributed by atoms with van der Waals surface area (Å²) in [5.41, 5.74) is -0.000758. The zero-order chi connectivity index (χ0) is 27.7. The monoisotopic (exact) mass is 579 g/mol. The van der Waals surface area contributed by atoms with Gasteiger partial charge in [-0.15, -0.1) is 0 Å². The van der Waals surface area contributed by atoms with E-state index in [-0.39, 0.29) is 45.8 Å². The average Bonchev–Trinajstić information content (AvgIpc) is 3.19. The van der Waals surface area contributed by atoms with Crippen LogP contribution in [0.3, 0.4) is 0 Å². The number of nitrogens with one attached hydrogen (secondary N) is 1. The van der Waals surface area contributed by atoms with E-state index in [0.717, 1.165) is 24.3 Å². The Kier molecular flexibility index (Phi) is 9.05. The van der Waals surface area contributed by atoms with Gasteiger partial charge in [0.05, 0.1) is 27.1 Å². The summed E-state index contributed by atoms with van der Waals surface area (Å²) in [6.45, 7) is 1.58. The van der Waals surface area contributed by atoms with Gasteiger partial charge in [-0.2, -0.15) is 28.8 Å². The van der Waals surface area contributed by atoms with Crippen molar-refractivity contribution in [3.05, 3.63) is 78.4 Å². The first-order valence-electron chi connectivity index (χ1n) is 10.7. The van der Waals surface area contributed by atoms with E-state index < -0.39 is 48.7 Å². The van der Waals surface area contributed by atoms with E-state index in [1.54, 1.807) is 37.3 Å². The number of azo groups is 1. The van der Waals surface area contributed by atoms with E-state index in [1.807, 2.05) is 0 Å². The van der Waals surface area contributed by atoms with Gasteiger partial charge < -0.3 is 9.90 Å². The van der Waals surface area contributed by atoms with Crippen molar-refractivity contribution < 1.29 is 65.6 Å². The topological polar surface area (TPSA) is 198 Å². The van der Waals surface area contributed by atoms with Crippen molar-refractivity contribution in [3.8, 4) is 0 Å². The number of aryl methyl sites for hydroxylation is 1. The van der Waals surface area contributed by atoms with Crippen LogP contribution in [0.4, 0.5) is 17.1 Å². The zero-order valence-electron chi connectivity index (χ0n) is 20.4. The van der Waals surface area contributed by atoms with E-state index in [4.69, 9.17) is 4.55 Å². The third kappa shape index (κ3) is 6.76. The molecule has 4 rings (SSSR count). The first-order chi connectivity index (χ1) is 17.9. The van der Waals surface area contributed by atoms with Crippen molar-refractivity contribution in [1.29, 1.82) is 0 Å². The molecule has 0 spiro atoms. The van der Waals surface area contributed by atoms with Gasteiger partial charge in [-0.25, -0.2) is 8.42 Å². The van der Waals surface area contributed by atoms with E-state index in [2.05, 4.69) is 20.1 Å².